The fourth-order valence-corrected chi connectivity index (χ4v) is 2.02. The summed E-state index contributed by atoms with van der Waals surface area (Å²) in [7, 11) is 0. The zero-order valence-electron chi connectivity index (χ0n) is 11.7. The Bertz CT molecular complexity index is 491. The van der Waals surface area contributed by atoms with E-state index in [0.717, 1.165) is 19.3 Å². The van der Waals surface area contributed by atoms with E-state index >= 15 is 0 Å². The van der Waals surface area contributed by atoms with Gasteiger partial charge in [-0.15, -0.1) is 0 Å². The van der Waals surface area contributed by atoms with Gasteiger partial charge >= 0.3 is 0 Å². The molecule has 0 aliphatic carbocycles. The number of nitrogens with one attached hydrogen (secondary N) is 2. The number of carbonyl (C=O) groups is 1. The van der Waals surface area contributed by atoms with Crippen molar-refractivity contribution in [2.45, 2.75) is 39.2 Å². The van der Waals surface area contributed by atoms with E-state index in [1.54, 1.807) is 0 Å². The average molecular weight is 280 g/mol. The van der Waals surface area contributed by atoms with E-state index in [0.29, 0.717) is 0 Å². The molecular weight excluding hydrogens is 260 g/mol. The van der Waals surface area contributed by atoms with Gasteiger partial charge in [-0.2, -0.15) is 0 Å². The molecule has 20 heavy (non-hydrogen) atoms. The molecule has 4 N–H and O–H groups in total. The van der Waals surface area contributed by atoms with Crippen LogP contribution in [0.25, 0.3) is 0 Å². The molecule has 0 saturated carbocycles. The Balaban J connectivity index is 3.03. The Morgan fingerprint density at radius 2 is 2.15 bits per heavy atom. The molecule has 7 nitrogen and oxygen atoms in total. The van der Waals surface area contributed by atoms with Gasteiger partial charge in [0.2, 0.25) is 0 Å². The third kappa shape index (κ3) is 3.67. The molecule has 0 aliphatic heterocycles. The Kier molecular flexibility index (Phi) is 5.92. The van der Waals surface area contributed by atoms with Crippen LogP contribution >= 0.6 is 0 Å². The summed E-state index contributed by atoms with van der Waals surface area (Å²) in [5, 5.41) is 13.8. The van der Waals surface area contributed by atoms with Crippen LogP contribution in [0.4, 0.5) is 11.4 Å². The highest BCUT2D eigenvalue weighted by molar-refractivity contribution is 6.01. The topological polar surface area (TPSA) is 110 Å². The average Bonchev–Trinajstić information content (AvgIpc) is 2.45. The van der Waals surface area contributed by atoms with Crippen LogP contribution in [0.1, 0.15) is 43.5 Å². The van der Waals surface area contributed by atoms with E-state index in [4.69, 9.17) is 5.84 Å². The quantitative estimate of drug-likeness (QED) is 0.403. The van der Waals surface area contributed by atoms with E-state index in [1.807, 2.05) is 13.8 Å². The SMILES string of the molecule is CCCC(CC)NC(=O)c1cccc([N+](=O)[O-])c1NN. The number of nitro groups is 1. The van der Waals surface area contributed by atoms with Gasteiger partial charge < -0.3 is 10.7 Å². The minimum atomic E-state index is -0.574. The fraction of sp³-hybridized carbons (Fsp3) is 0.462. The second-order valence-corrected chi connectivity index (χ2v) is 4.47. The fourth-order valence-electron chi connectivity index (χ4n) is 2.02. The number of para-hydroxylation sites is 1. The van der Waals surface area contributed by atoms with Gasteiger partial charge in [-0.05, 0) is 18.9 Å². The Morgan fingerprint density at radius 3 is 2.65 bits per heavy atom. The van der Waals surface area contributed by atoms with E-state index in [2.05, 4.69) is 10.7 Å². The third-order valence-electron chi connectivity index (χ3n) is 3.09. The lowest BCUT2D eigenvalue weighted by atomic mass is 10.1. The van der Waals surface area contributed by atoms with Crippen molar-refractivity contribution in [2.75, 3.05) is 5.43 Å². The predicted molar refractivity (Wildman–Crippen MR) is 77.4 cm³/mol. The molecule has 0 saturated heterocycles. The number of nitro benzene ring substituents is 1. The van der Waals surface area contributed by atoms with Crippen molar-refractivity contribution >= 4 is 17.3 Å². The number of hydrogen-bond acceptors (Lipinski definition) is 5. The number of hydrogen-bond donors (Lipinski definition) is 3. The maximum Gasteiger partial charge on any atom is 0.294 e. The van der Waals surface area contributed by atoms with Crippen LogP contribution in [-0.4, -0.2) is 16.9 Å². The number of hydrazine groups is 1. The molecule has 1 aromatic rings. The smallest absolute Gasteiger partial charge is 0.294 e. The maximum absolute atomic E-state index is 12.2. The van der Waals surface area contributed by atoms with Gasteiger partial charge in [0.15, 0.2) is 0 Å². The minimum Gasteiger partial charge on any atom is -0.349 e. The molecule has 0 heterocycles. The molecule has 1 rings (SSSR count). The van der Waals surface area contributed by atoms with E-state index in [1.165, 1.54) is 18.2 Å². The summed E-state index contributed by atoms with van der Waals surface area (Å²) >= 11 is 0. The van der Waals surface area contributed by atoms with Crippen molar-refractivity contribution in [1.82, 2.24) is 5.32 Å². The molecule has 1 atom stereocenters. The number of anilines is 1. The largest absolute Gasteiger partial charge is 0.349 e. The Hall–Kier alpha value is -2.15. The number of rotatable bonds is 7. The van der Waals surface area contributed by atoms with Gasteiger partial charge in [0.05, 0.1) is 10.5 Å². The molecule has 1 aromatic carbocycles. The van der Waals surface area contributed by atoms with Crippen LogP contribution in [0, 0.1) is 10.1 Å². The summed E-state index contributed by atoms with van der Waals surface area (Å²) < 4.78 is 0. The first kappa shape index (κ1) is 15.9. The lowest BCUT2D eigenvalue weighted by Gasteiger charge is -2.17. The van der Waals surface area contributed by atoms with Crippen LogP contribution in [0.2, 0.25) is 0 Å². The van der Waals surface area contributed by atoms with Crippen molar-refractivity contribution in [3.63, 3.8) is 0 Å². The van der Waals surface area contributed by atoms with Crippen LogP contribution in [0.15, 0.2) is 18.2 Å². The zero-order chi connectivity index (χ0) is 15.1. The van der Waals surface area contributed by atoms with Crippen molar-refractivity contribution in [3.8, 4) is 0 Å². The summed E-state index contributed by atoms with van der Waals surface area (Å²) in [4.78, 5) is 22.6. The standard InChI is InChI=1S/C13H20N4O3/c1-3-6-9(4-2)15-13(18)10-7-5-8-11(17(19)20)12(10)16-14/h5,7-9,16H,3-4,6,14H2,1-2H3,(H,15,18). The van der Waals surface area contributed by atoms with E-state index in [9.17, 15) is 14.9 Å². The number of nitrogen functional groups attached to an aromatic ring is 1. The summed E-state index contributed by atoms with van der Waals surface area (Å²) in [6.07, 6.45) is 2.62. The Morgan fingerprint density at radius 1 is 1.45 bits per heavy atom. The van der Waals surface area contributed by atoms with Crippen molar-refractivity contribution in [2.24, 2.45) is 5.84 Å². The maximum atomic E-state index is 12.2. The van der Waals surface area contributed by atoms with Crippen LogP contribution < -0.4 is 16.6 Å². The minimum absolute atomic E-state index is 0.0290. The van der Waals surface area contributed by atoms with Crippen molar-refractivity contribution in [3.05, 3.63) is 33.9 Å². The molecule has 110 valence electrons. The second-order valence-electron chi connectivity index (χ2n) is 4.47. The molecular formula is C13H20N4O3. The molecule has 0 fully saturated rings. The van der Waals surface area contributed by atoms with Crippen LogP contribution in [-0.2, 0) is 0 Å². The molecule has 0 aromatic heterocycles. The van der Waals surface area contributed by atoms with E-state index < -0.39 is 4.92 Å². The van der Waals surface area contributed by atoms with E-state index in [-0.39, 0.29) is 28.9 Å². The van der Waals surface area contributed by atoms with Gasteiger partial charge in [-0.3, -0.25) is 20.8 Å². The van der Waals surface area contributed by atoms with Gasteiger partial charge in [0.1, 0.15) is 5.69 Å². The van der Waals surface area contributed by atoms with Crippen LogP contribution in [0.3, 0.4) is 0 Å². The van der Waals surface area contributed by atoms with Crippen molar-refractivity contribution < 1.29 is 9.72 Å². The molecule has 0 spiro atoms. The first-order valence-corrected chi connectivity index (χ1v) is 6.59. The highest BCUT2D eigenvalue weighted by Gasteiger charge is 2.22. The normalized spacial score (nSPS) is 11.8. The highest BCUT2D eigenvalue weighted by atomic mass is 16.6. The lowest BCUT2D eigenvalue weighted by molar-refractivity contribution is -0.384. The number of benzene rings is 1. The molecule has 7 heteroatoms. The summed E-state index contributed by atoms with van der Waals surface area (Å²) in [5.74, 6) is 4.96. The third-order valence-corrected chi connectivity index (χ3v) is 3.09. The summed E-state index contributed by atoms with van der Waals surface area (Å²) in [6, 6.07) is 4.33. The summed E-state index contributed by atoms with van der Waals surface area (Å²) in [6.45, 7) is 4.02. The molecule has 1 unspecified atom stereocenters. The zero-order valence-corrected chi connectivity index (χ0v) is 11.7. The van der Waals surface area contributed by atoms with Crippen LogP contribution in [0.5, 0.6) is 0 Å². The summed E-state index contributed by atoms with van der Waals surface area (Å²) in [5.41, 5.74) is 2.23. The predicted octanol–water partition coefficient (Wildman–Crippen LogP) is 2.19. The number of nitrogens with two attached hydrogens (primary N) is 1. The first-order valence-electron chi connectivity index (χ1n) is 6.59. The second kappa shape index (κ2) is 7.44. The number of amides is 1. The molecule has 0 aliphatic rings. The highest BCUT2D eigenvalue weighted by Crippen LogP contribution is 2.27. The monoisotopic (exact) mass is 280 g/mol. The van der Waals surface area contributed by atoms with Gasteiger partial charge in [0, 0.05) is 12.1 Å². The number of carbonyl (C=O) groups excluding carboxylic acids is 1. The lowest BCUT2D eigenvalue weighted by Crippen LogP contribution is -2.35. The van der Waals surface area contributed by atoms with Gasteiger partial charge in [0.25, 0.3) is 11.6 Å². The first-order chi connectivity index (χ1) is 9.54. The molecule has 1 amide bonds. The molecule has 0 bridgehead atoms. The number of nitrogens with zero attached hydrogens (tertiary/aromatic N) is 1. The van der Waals surface area contributed by atoms with Gasteiger partial charge in [-0.1, -0.05) is 26.3 Å². The Labute approximate surface area is 117 Å². The molecule has 0 radical (unpaired) electrons. The van der Waals surface area contributed by atoms with Gasteiger partial charge in [-0.25, -0.2) is 0 Å². The van der Waals surface area contributed by atoms with Crippen molar-refractivity contribution in [1.29, 1.82) is 0 Å².